The molecule has 0 amide bonds. The summed E-state index contributed by atoms with van der Waals surface area (Å²) >= 11 is 1.79. The molecule has 92 valence electrons. The summed E-state index contributed by atoms with van der Waals surface area (Å²) < 4.78 is 0. The van der Waals surface area contributed by atoms with Crippen molar-refractivity contribution in [3.63, 3.8) is 0 Å². The quantitative estimate of drug-likeness (QED) is 0.821. The lowest BCUT2D eigenvalue weighted by Crippen LogP contribution is -2.18. The average molecular weight is 239 g/mol. The first kappa shape index (κ1) is 13.7. The highest BCUT2D eigenvalue weighted by Gasteiger charge is 2.19. The molecule has 2 N–H and O–H groups in total. The summed E-state index contributed by atoms with van der Waals surface area (Å²) in [5.41, 5.74) is 8.01. The van der Waals surface area contributed by atoms with E-state index in [1.165, 1.54) is 16.9 Å². The van der Waals surface area contributed by atoms with Gasteiger partial charge in [0.2, 0.25) is 0 Å². The maximum Gasteiger partial charge on any atom is 0.0308 e. The Morgan fingerprint density at radius 2 is 2.00 bits per heavy atom. The molecule has 16 heavy (non-hydrogen) atoms. The monoisotopic (exact) mass is 239 g/mol. The molecule has 0 fully saturated rings. The van der Waals surface area contributed by atoms with E-state index in [0.717, 1.165) is 6.42 Å². The Hall–Kier alpha value is -0.340. The van der Waals surface area contributed by atoms with E-state index in [1.54, 1.807) is 11.3 Å². The lowest BCUT2D eigenvalue weighted by atomic mass is 9.82. The molecule has 0 aliphatic heterocycles. The van der Waals surface area contributed by atoms with Gasteiger partial charge in [0, 0.05) is 10.9 Å². The summed E-state index contributed by atoms with van der Waals surface area (Å²) in [6.45, 7) is 11.4. The number of aryl methyl sites for hydroxylation is 1. The molecule has 2 unspecified atom stereocenters. The Kier molecular flexibility index (Phi) is 4.57. The van der Waals surface area contributed by atoms with Crippen molar-refractivity contribution in [1.29, 1.82) is 0 Å². The lowest BCUT2D eigenvalue weighted by molar-refractivity contribution is 0.286. The molecule has 0 bridgehead atoms. The highest BCUT2D eigenvalue weighted by atomic mass is 32.1. The van der Waals surface area contributed by atoms with Gasteiger partial charge < -0.3 is 5.73 Å². The molecule has 0 aromatic carbocycles. The second-order valence-electron chi connectivity index (χ2n) is 6.14. The molecule has 1 rings (SSSR count). The Bertz CT molecular complexity index is 322. The summed E-state index contributed by atoms with van der Waals surface area (Å²) in [5.74, 6) is 0.689. The van der Waals surface area contributed by atoms with Gasteiger partial charge in [-0.05, 0) is 48.1 Å². The van der Waals surface area contributed by atoms with Crippen molar-refractivity contribution in [2.75, 3.05) is 0 Å². The normalized spacial score (nSPS) is 16.1. The first-order valence-corrected chi connectivity index (χ1v) is 6.97. The molecule has 0 aliphatic rings. The number of thiophene rings is 1. The minimum atomic E-state index is 0.212. The van der Waals surface area contributed by atoms with E-state index >= 15 is 0 Å². The van der Waals surface area contributed by atoms with Gasteiger partial charge in [0.15, 0.2) is 0 Å². The van der Waals surface area contributed by atoms with Gasteiger partial charge in [0.1, 0.15) is 0 Å². The topological polar surface area (TPSA) is 26.0 Å². The Morgan fingerprint density at radius 1 is 1.38 bits per heavy atom. The second-order valence-corrected chi connectivity index (χ2v) is 7.26. The molecule has 1 aromatic heterocycles. The van der Waals surface area contributed by atoms with Crippen molar-refractivity contribution in [3.05, 3.63) is 21.9 Å². The minimum Gasteiger partial charge on any atom is -0.324 e. The van der Waals surface area contributed by atoms with Gasteiger partial charge in [-0.1, -0.05) is 27.7 Å². The predicted molar refractivity (Wildman–Crippen MR) is 73.8 cm³/mol. The number of nitrogens with two attached hydrogens (primary N) is 1. The van der Waals surface area contributed by atoms with E-state index in [1.807, 2.05) is 0 Å². The van der Waals surface area contributed by atoms with Crippen LogP contribution in [0.3, 0.4) is 0 Å². The van der Waals surface area contributed by atoms with Crippen molar-refractivity contribution in [3.8, 4) is 0 Å². The van der Waals surface area contributed by atoms with Crippen LogP contribution in [0.2, 0.25) is 0 Å². The Balaban J connectivity index is 2.52. The molecular weight excluding hydrogens is 214 g/mol. The number of hydrogen-bond acceptors (Lipinski definition) is 2. The van der Waals surface area contributed by atoms with Crippen LogP contribution in [-0.4, -0.2) is 0 Å². The van der Waals surface area contributed by atoms with E-state index in [9.17, 15) is 0 Å². The van der Waals surface area contributed by atoms with Crippen molar-refractivity contribution in [2.24, 2.45) is 17.1 Å². The zero-order valence-electron chi connectivity index (χ0n) is 11.2. The average Bonchev–Trinajstić information content (AvgIpc) is 2.47. The van der Waals surface area contributed by atoms with Gasteiger partial charge in [-0.25, -0.2) is 0 Å². The van der Waals surface area contributed by atoms with Crippen LogP contribution in [0.25, 0.3) is 0 Å². The molecule has 2 atom stereocenters. The highest BCUT2D eigenvalue weighted by Crippen LogP contribution is 2.31. The third-order valence-corrected chi connectivity index (χ3v) is 3.78. The molecular formula is C14H25NS. The Labute approximate surface area is 104 Å². The summed E-state index contributed by atoms with van der Waals surface area (Å²) in [6.07, 6.45) is 2.33. The summed E-state index contributed by atoms with van der Waals surface area (Å²) in [5, 5.41) is 2.14. The van der Waals surface area contributed by atoms with Gasteiger partial charge in [-0.15, -0.1) is 11.3 Å². The Morgan fingerprint density at radius 3 is 2.44 bits per heavy atom. The van der Waals surface area contributed by atoms with Crippen molar-refractivity contribution in [1.82, 2.24) is 0 Å². The van der Waals surface area contributed by atoms with Crippen LogP contribution in [0.4, 0.5) is 0 Å². The number of hydrogen-bond donors (Lipinski definition) is 1. The van der Waals surface area contributed by atoms with Crippen LogP contribution in [0, 0.1) is 18.3 Å². The molecule has 1 aromatic rings. The van der Waals surface area contributed by atoms with Crippen LogP contribution in [0.15, 0.2) is 11.4 Å². The summed E-state index contributed by atoms with van der Waals surface area (Å²) in [4.78, 5) is 1.37. The van der Waals surface area contributed by atoms with Crippen molar-refractivity contribution >= 4 is 11.3 Å². The third-order valence-electron chi connectivity index (χ3n) is 2.92. The third kappa shape index (κ3) is 4.26. The summed E-state index contributed by atoms with van der Waals surface area (Å²) in [6, 6.07) is 2.39. The minimum absolute atomic E-state index is 0.212. The SMILES string of the molecule is Cc1sccc1C(N)CC(C)CC(C)(C)C. The van der Waals surface area contributed by atoms with E-state index < -0.39 is 0 Å². The standard InChI is InChI=1S/C14H25NS/c1-10(9-14(3,4)5)8-13(15)12-6-7-16-11(12)2/h6-7,10,13H,8-9,15H2,1-5H3. The van der Waals surface area contributed by atoms with Crippen LogP contribution in [0.5, 0.6) is 0 Å². The molecule has 1 nitrogen and oxygen atoms in total. The molecule has 0 radical (unpaired) electrons. The van der Waals surface area contributed by atoms with Crippen LogP contribution in [0.1, 0.15) is 57.0 Å². The first-order valence-electron chi connectivity index (χ1n) is 6.09. The van der Waals surface area contributed by atoms with Crippen LogP contribution < -0.4 is 5.73 Å². The maximum atomic E-state index is 6.27. The van der Waals surface area contributed by atoms with E-state index in [4.69, 9.17) is 5.73 Å². The zero-order chi connectivity index (χ0) is 12.3. The second kappa shape index (κ2) is 5.33. The van der Waals surface area contributed by atoms with E-state index in [2.05, 4.69) is 46.1 Å². The smallest absolute Gasteiger partial charge is 0.0308 e. The molecule has 0 saturated carbocycles. The largest absolute Gasteiger partial charge is 0.324 e. The van der Waals surface area contributed by atoms with Gasteiger partial charge in [-0.3, -0.25) is 0 Å². The van der Waals surface area contributed by atoms with Crippen molar-refractivity contribution in [2.45, 2.75) is 53.5 Å². The predicted octanol–water partition coefficient (Wildman–Crippen LogP) is 4.52. The molecule has 0 spiro atoms. The van der Waals surface area contributed by atoms with Crippen molar-refractivity contribution < 1.29 is 0 Å². The fraction of sp³-hybridized carbons (Fsp3) is 0.714. The first-order chi connectivity index (χ1) is 7.29. The maximum absolute atomic E-state index is 6.27. The molecule has 0 saturated heterocycles. The van der Waals surface area contributed by atoms with Gasteiger partial charge in [0.05, 0.1) is 0 Å². The zero-order valence-corrected chi connectivity index (χ0v) is 12.0. The van der Waals surface area contributed by atoms with E-state index in [0.29, 0.717) is 11.3 Å². The highest BCUT2D eigenvalue weighted by molar-refractivity contribution is 7.10. The fourth-order valence-corrected chi connectivity index (χ4v) is 3.24. The van der Waals surface area contributed by atoms with Gasteiger partial charge >= 0.3 is 0 Å². The van der Waals surface area contributed by atoms with Crippen LogP contribution >= 0.6 is 11.3 Å². The molecule has 1 heterocycles. The molecule has 0 aliphatic carbocycles. The fourth-order valence-electron chi connectivity index (χ4n) is 2.47. The number of rotatable bonds is 4. The van der Waals surface area contributed by atoms with Gasteiger partial charge in [-0.2, -0.15) is 0 Å². The summed E-state index contributed by atoms with van der Waals surface area (Å²) in [7, 11) is 0. The van der Waals surface area contributed by atoms with E-state index in [-0.39, 0.29) is 6.04 Å². The van der Waals surface area contributed by atoms with Gasteiger partial charge in [0.25, 0.3) is 0 Å². The van der Waals surface area contributed by atoms with Crippen LogP contribution in [-0.2, 0) is 0 Å². The lowest BCUT2D eigenvalue weighted by Gasteiger charge is -2.25. The molecule has 2 heteroatoms.